The summed E-state index contributed by atoms with van der Waals surface area (Å²) in [6.45, 7) is 2.05. The van der Waals surface area contributed by atoms with E-state index in [1.165, 1.54) is 4.57 Å². The smallest absolute Gasteiger partial charge is 0.300 e. The zero-order chi connectivity index (χ0) is 14.0. The van der Waals surface area contributed by atoms with Gasteiger partial charge in [0.15, 0.2) is 5.76 Å². The predicted molar refractivity (Wildman–Crippen MR) is 72.6 cm³/mol. The molecule has 2 aromatic rings. The highest BCUT2D eigenvalue weighted by Gasteiger charge is 2.14. The van der Waals surface area contributed by atoms with Crippen LogP contribution >= 0.6 is 15.9 Å². The van der Waals surface area contributed by atoms with Crippen molar-refractivity contribution in [2.45, 2.75) is 13.5 Å². The number of carbonyl (C=O) groups is 1. The monoisotopic (exact) mass is 325 g/mol. The highest BCUT2D eigenvalue weighted by Crippen LogP contribution is 2.15. The molecule has 2 aromatic heterocycles. The van der Waals surface area contributed by atoms with Crippen molar-refractivity contribution in [3.05, 3.63) is 56.3 Å². The van der Waals surface area contributed by atoms with Crippen LogP contribution in [0, 0.1) is 6.92 Å². The van der Waals surface area contributed by atoms with Gasteiger partial charge < -0.3 is 8.98 Å². The SMILES string of the molecule is Cc1oc(C(=O)NN)cc1Cn1cccc(Br)c1=O. The maximum atomic E-state index is 11.9. The Morgan fingerprint density at radius 1 is 1.58 bits per heavy atom. The first-order valence-electron chi connectivity index (χ1n) is 5.48. The maximum absolute atomic E-state index is 11.9. The number of hydrazine groups is 1. The normalized spacial score (nSPS) is 10.5. The first-order chi connectivity index (χ1) is 9.02. The Labute approximate surface area is 117 Å². The molecule has 0 aromatic carbocycles. The summed E-state index contributed by atoms with van der Waals surface area (Å²) in [4.78, 5) is 23.2. The molecular weight excluding hydrogens is 314 g/mol. The zero-order valence-corrected chi connectivity index (χ0v) is 11.7. The van der Waals surface area contributed by atoms with Crippen molar-refractivity contribution in [2.24, 2.45) is 5.84 Å². The molecule has 0 fully saturated rings. The number of pyridine rings is 1. The molecule has 7 heteroatoms. The first kappa shape index (κ1) is 13.6. The summed E-state index contributed by atoms with van der Waals surface area (Å²) >= 11 is 3.18. The van der Waals surface area contributed by atoms with Crippen LogP contribution in [0.15, 0.2) is 38.1 Å². The average molecular weight is 326 g/mol. The number of halogens is 1. The second-order valence-electron chi connectivity index (χ2n) is 3.95. The molecule has 0 aliphatic rings. The Hall–Kier alpha value is -1.86. The van der Waals surface area contributed by atoms with Gasteiger partial charge in [-0.15, -0.1) is 0 Å². The van der Waals surface area contributed by atoms with Crippen LogP contribution in [0.4, 0.5) is 0 Å². The number of rotatable bonds is 3. The lowest BCUT2D eigenvalue weighted by molar-refractivity contribution is 0.0924. The summed E-state index contributed by atoms with van der Waals surface area (Å²) in [5, 5.41) is 0. The minimum atomic E-state index is -0.504. The molecular formula is C12H12BrN3O3. The summed E-state index contributed by atoms with van der Waals surface area (Å²) in [5.74, 6) is 5.23. The second kappa shape index (κ2) is 5.41. The Morgan fingerprint density at radius 3 is 3.00 bits per heavy atom. The Morgan fingerprint density at radius 2 is 2.32 bits per heavy atom. The summed E-state index contributed by atoms with van der Waals surface area (Å²) in [6.07, 6.45) is 1.67. The van der Waals surface area contributed by atoms with Crippen LogP contribution < -0.4 is 16.8 Å². The van der Waals surface area contributed by atoms with Gasteiger partial charge in [-0.25, -0.2) is 5.84 Å². The van der Waals surface area contributed by atoms with Crippen molar-refractivity contribution in [2.75, 3.05) is 0 Å². The Kier molecular flexibility index (Phi) is 3.87. The number of hydrogen-bond acceptors (Lipinski definition) is 4. The van der Waals surface area contributed by atoms with Crippen LogP contribution in [-0.2, 0) is 6.54 Å². The van der Waals surface area contributed by atoms with Crippen molar-refractivity contribution in [3.8, 4) is 0 Å². The van der Waals surface area contributed by atoms with E-state index in [2.05, 4.69) is 15.9 Å². The first-order valence-corrected chi connectivity index (χ1v) is 6.27. The molecule has 100 valence electrons. The fourth-order valence-electron chi connectivity index (χ4n) is 1.68. The topological polar surface area (TPSA) is 90.3 Å². The van der Waals surface area contributed by atoms with Crippen LogP contribution in [0.25, 0.3) is 0 Å². The third kappa shape index (κ3) is 2.77. The van der Waals surface area contributed by atoms with Gasteiger partial charge in [0.05, 0.1) is 11.0 Å². The number of nitrogen functional groups attached to an aromatic ring is 1. The van der Waals surface area contributed by atoms with Crippen LogP contribution in [0.2, 0.25) is 0 Å². The average Bonchev–Trinajstić information content (AvgIpc) is 2.75. The number of aryl methyl sites for hydroxylation is 1. The highest BCUT2D eigenvalue weighted by molar-refractivity contribution is 9.10. The lowest BCUT2D eigenvalue weighted by Gasteiger charge is -2.04. The number of amides is 1. The van der Waals surface area contributed by atoms with E-state index >= 15 is 0 Å². The standard InChI is InChI=1S/C12H12BrN3O3/c1-7-8(5-10(19-7)11(17)15-14)6-16-4-2-3-9(13)12(16)18/h2-5H,6,14H2,1H3,(H,15,17). The van der Waals surface area contributed by atoms with Gasteiger partial charge in [0.1, 0.15) is 5.76 Å². The largest absolute Gasteiger partial charge is 0.456 e. The van der Waals surface area contributed by atoms with Crippen molar-refractivity contribution >= 4 is 21.8 Å². The number of nitrogens with zero attached hydrogens (tertiary/aromatic N) is 1. The molecule has 0 unspecified atom stereocenters. The molecule has 2 heterocycles. The summed E-state index contributed by atoms with van der Waals surface area (Å²) in [6, 6.07) is 5.01. The molecule has 0 bridgehead atoms. The van der Waals surface area contributed by atoms with Gasteiger partial charge in [0.25, 0.3) is 5.56 Å². The molecule has 19 heavy (non-hydrogen) atoms. The van der Waals surface area contributed by atoms with E-state index in [0.717, 1.165) is 5.56 Å². The lowest BCUT2D eigenvalue weighted by atomic mass is 10.2. The number of nitrogens with two attached hydrogens (primary N) is 1. The van der Waals surface area contributed by atoms with Gasteiger partial charge in [0.2, 0.25) is 0 Å². The van der Waals surface area contributed by atoms with Crippen LogP contribution in [0.5, 0.6) is 0 Å². The Balaban J connectivity index is 2.34. The van der Waals surface area contributed by atoms with E-state index < -0.39 is 5.91 Å². The molecule has 0 saturated carbocycles. The van der Waals surface area contributed by atoms with Crippen LogP contribution in [0.1, 0.15) is 21.9 Å². The van der Waals surface area contributed by atoms with E-state index in [9.17, 15) is 9.59 Å². The molecule has 0 radical (unpaired) electrons. The number of aromatic nitrogens is 1. The molecule has 1 amide bonds. The van der Waals surface area contributed by atoms with Crippen molar-refractivity contribution in [1.82, 2.24) is 9.99 Å². The molecule has 0 saturated heterocycles. The molecule has 0 spiro atoms. The van der Waals surface area contributed by atoms with Gasteiger partial charge >= 0.3 is 5.91 Å². The fraction of sp³-hybridized carbons (Fsp3) is 0.167. The van der Waals surface area contributed by atoms with Gasteiger partial charge in [-0.2, -0.15) is 0 Å². The maximum Gasteiger partial charge on any atom is 0.300 e. The quantitative estimate of drug-likeness (QED) is 0.503. The van der Waals surface area contributed by atoms with Crippen LogP contribution in [-0.4, -0.2) is 10.5 Å². The lowest BCUT2D eigenvalue weighted by Crippen LogP contribution is -2.29. The minimum Gasteiger partial charge on any atom is -0.456 e. The van der Waals surface area contributed by atoms with E-state index in [0.29, 0.717) is 16.8 Å². The van der Waals surface area contributed by atoms with Gasteiger partial charge in [-0.1, -0.05) is 0 Å². The minimum absolute atomic E-state index is 0.123. The van der Waals surface area contributed by atoms with E-state index in [-0.39, 0.29) is 11.3 Å². The van der Waals surface area contributed by atoms with Gasteiger partial charge in [0, 0.05) is 11.8 Å². The fourth-order valence-corrected chi connectivity index (χ4v) is 2.06. The number of nitrogens with one attached hydrogen (secondary N) is 1. The molecule has 0 atom stereocenters. The molecule has 0 aliphatic carbocycles. The van der Waals surface area contributed by atoms with E-state index in [1.807, 2.05) is 5.43 Å². The van der Waals surface area contributed by atoms with Crippen molar-refractivity contribution in [1.29, 1.82) is 0 Å². The Bertz CT molecular complexity index is 675. The summed E-state index contributed by atoms with van der Waals surface area (Å²) in [7, 11) is 0. The molecule has 0 aliphatic heterocycles. The van der Waals surface area contributed by atoms with Crippen molar-refractivity contribution in [3.63, 3.8) is 0 Å². The summed E-state index contributed by atoms with van der Waals surface area (Å²) in [5.41, 5.74) is 2.60. The van der Waals surface area contributed by atoms with Gasteiger partial charge in [-0.05, 0) is 41.1 Å². The van der Waals surface area contributed by atoms with E-state index in [4.69, 9.17) is 10.3 Å². The van der Waals surface area contributed by atoms with E-state index in [1.54, 1.807) is 31.3 Å². The number of carbonyl (C=O) groups excluding carboxylic acids is 1. The second-order valence-corrected chi connectivity index (χ2v) is 4.81. The zero-order valence-electron chi connectivity index (χ0n) is 10.1. The number of furan rings is 1. The third-order valence-electron chi connectivity index (χ3n) is 2.69. The van der Waals surface area contributed by atoms with Crippen molar-refractivity contribution < 1.29 is 9.21 Å². The molecule has 3 N–H and O–H groups in total. The molecule has 6 nitrogen and oxygen atoms in total. The molecule has 2 rings (SSSR count). The van der Waals surface area contributed by atoms with Crippen LogP contribution in [0.3, 0.4) is 0 Å². The predicted octanol–water partition coefficient (Wildman–Crippen LogP) is 1.16. The van der Waals surface area contributed by atoms with Gasteiger partial charge in [-0.3, -0.25) is 15.0 Å². The highest BCUT2D eigenvalue weighted by atomic mass is 79.9. The summed E-state index contributed by atoms with van der Waals surface area (Å²) < 4.78 is 7.29. The number of hydrogen-bond donors (Lipinski definition) is 2. The third-order valence-corrected chi connectivity index (χ3v) is 3.29.